The summed E-state index contributed by atoms with van der Waals surface area (Å²) in [5.41, 5.74) is 10.3. The number of carboxylic acid groups (broad SMARTS) is 4. The average Bonchev–Trinajstić information content (AvgIpc) is 2.24. The molecule has 0 fully saturated rings. The molecule has 12 heteroatoms. The van der Waals surface area contributed by atoms with Crippen LogP contribution in [0.3, 0.4) is 0 Å². The first-order valence-corrected chi connectivity index (χ1v) is 6.03. The minimum atomic E-state index is -0.833. The Labute approximate surface area is 164 Å². The van der Waals surface area contributed by atoms with E-state index in [1.807, 2.05) is 0 Å². The number of rotatable bonds is 2. The molecule has 9 N–H and O–H groups in total. The van der Waals surface area contributed by atoms with Crippen LogP contribution < -0.4 is 41.0 Å². The number of aliphatic hydroxyl groups is 1. The summed E-state index contributed by atoms with van der Waals surface area (Å²) in [5.74, 6) is -3.33. The summed E-state index contributed by atoms with van der Waals surface area (Å²) in [6.45, 7) is 6.30. The van der Waals surface area contributed by atoms with E-state index in [4.69, 9.17) is 56.2 Å². The van der Waals surface area contributed by atoms with Crippen LogP contribution in [0.15, 0.2) is 0 Å². The molecule has 142 valence electrons. The molecule has 0 aliphatic carbocycles. The Hall–Kier alpha value is -1.24. The van der Waals surface area contributed by atoms with Crippen molar-refractivity contribution >= 4 is 23.9 Å². The zero-order chi connectivity index (χ0) is 20.2. The summed E-state index contributed by atoms with van der Waals surface area (Å²) in [6, 6.07) is -0.264. The van der Waals surface area contributed by atoms with Gasteiger partial charge < -0.3 is 38.4 Å². The van der Waals surface area contributed by atoms with Crippen molar-refractivity contribution in [3.8, 4) is 0 Å². The molecular weight excluding hydrogens is 339 g/mol. The number of nitrogens with two attached hydrogens (primary N) is 2. The molecule has 0 amide bonds. The second-order valence-corrected chi connectivity index (χ2v) is 3.72. The van der Waals surface area contributed by atoms with E-state index in [2.05, 4.69) is 0 Å². The van der Waals surface area contributed by atoms with Gasteiger partial charge in [0.05, 0.1) is 6.10 Å². The van der Waals surface area contributed by atoms with Crippen LogP contribution in [0, 0.1) is 0 Å². The van der Waals surface area contributed by atoms with Crippen molar-refractivity contribution in [2.45, 2.75) is 46.8 Å². The molecule has 0 bridgehead atoms. The Bertz CT molecular complexity index is 268. The van der Waals surface area contributed by atoms with Crippen molar-refractivity contribution in [3.05, 3.63) is 0 Å². The molecule has 0 aromatic carbocycles. The number of carboxylic acids is 4. The van der Waals surface area contributed by atoms with Gasteiger partial charge in [-0.1, -0.05) is 0 Å². The van der Waals surface area contributed by atoms with Crippen molar-refractivity contribution in [2.24, 2.45) is 11.5 Å². The smallest absolute Gasteiger partial charge is 1.00 e. The first kappa shape index (κ1) is 38.4. The summed E-state index contributed by atoms with van der Waals surface area (Å²) in [4.78, 5) is 36.0. The molecule has 0 aliphatic rings. The van der Waals surface area contributed by atoms with Crippen LogP contribution in [0.5, 0.6) is 0 Å². The van der Waals surface area contributed by atoms with E-state index in [9.17, 15) is 0 Å². The summed E-state index contributed by atoms with van der Waals surface area (Å²) < 4.78 is 0. The molecule has 2 atom stereocenters. The second-order valence-electron chi connectivity index (χ2n) is 3.72. The maximum Gasteiger partial charge on any atom is 1.00 e. The van der Waals surface area contributed by atoms with Gasteiger partial charge in [0, 0.05) is 40.3 Å². The van der Waals surface area contributed by atoms with Gasteiger partial charge in [0.25, 0.3) is 23.9 Å². The fraction of sp³-hybridized carbons (Fsp3) is 0.667. The Kier molecular flexibility index (Phi) is 47.5. The Balaban J connectivity index is -0.0000000326. The quantitative estimate of drug-likeness (QED) is 0.233. The molecule has 0 saturated carbocycles. The average molecular weight is 368 g/mol. The van der Waals surface area contributed by atoms with E-state index >= 15 is 0 Å². The number of carbonyl (C=O) groups is 4. The number of aliphatic carboxylic acids is 4. The number of hydrogen-bond acceptors (Lipinski definition) is 7. The largest absolute Gasteiger partial charge is 1.00 e. The minimum absolute atomic E-state index is 0. The van der Waals surface area contributed by atoms with Crippen LogP contribution in [0.2, 0.25) is 0 Å². The molecule has 0 radical (unpaired) electrons. The van der Waals surface area contributed by atoms with E-state index < -0.39 is 30.0 Å². The zero-order valence-electron chi connectivity index (χ0n) is 15.9. The normalized spacial score (nSPS) is 9.67. The molecule has 0 aliphatic heterocycles. The van der Waals surface area contributed by atoms with Crippen LogP contribution in [0.4, 0.5) is 0 Å². The van der Waals surface area contributed by atoms with Gasteiger partial charge in [-0.2, -0.15) is 0 Å². The van der Waals surface area contributed by atoms with Crippen LogP contribution >= 0.6 is 0 Å². The maximum atomic E-state index is 9.00. The van der Waals surface area contributed by atoms with Gasteiger partial charge in [-0.25, -0.2) is 0 Å². The molecule has 24 heavy (non-hydrogen) atoms. The molecule has 0 aromatic rings. The third-order valence-electron chi connectivity index (χ3n) is 0.892. The van der Waals surface area contributed by atoms with Gasteiger partial charge in [0.2, 0.25) is 0 Å². The Morgan fingerprint density at radius 2 is 0.958 bits per heavy atom. The van der Waals surface area contributed by atoms with Gasteiger partial charge in [-0.05, 0) is 6.92 Å². The molecule has 0 heterocycles. The van der Waals surface area contributed by atoms with Gasteiger partial charge in [-0.15, -0.1) is 0 Å². The maximum absolute atomic E-state index is 9.00. The standard InChI is InChI=1S/C4H12N2O.4C2H4O2.Na.H/c1-3(7)4(6)2-5;4*1-2(3)4;;/h3-4,7H,2,5-6H2,1H3;4*1H3,(H,3,4);;/q;;;;;+1;-1. The molecule has 2 unspecified atom stereocenters. The topological polar surface area (TPSA) is 221 Å². The first-order chi connectivity index (χ1) is 10.1. The molecule has 0 spiro atoms. The molecule has 0 saturated heterocycles. The molecule has 0 rings (SSSR count). The predicted octanol–water partition coefficient (Wildman–Crippen LogP) is -3.87. The second kappa shape index (κ2) is 29.7. The van der Waals surface area contributed by atoms with Gasteiger partial charge >= 0.3 is 29.6 Å². The van der Waals surface area contributed by atoms with E-state index in [0.717, 1.165) is 27.7 Å². The third-order valence-corrected chi connectivity index (χ3v) is 0.892. The van der Waals surface area contributed by atoms with Crippen LogP contribution in [0.1, 0.15) is 36.0 Å². The number of aliphatic hydroxyl groups excluding tert-OH is 1. The number of hydrogen-bond donors (Lipinski definition) is 7. The zero-order valence-corrected chi connectivity index (χ0v) is 16.9. The van der Waals surface area contributed by atoms with E-state index in [1.54, 1.807) is 6.92 Å². The van der Waals surface area contributed by atoms with Crippen LogP contribution in [0.25, 0.3) is 0 Å². The Morgan fingerprint density at radius 1 is 0.833 bits per heavy atom. The van der Waals surface area contributed by atoms with Gasteiger partial charge in [0.15, 0.2) is 0 Å². The summed E-state index contributed by atoms with van der Waals surface area (Å²) in [7, 11) is 0. The SMILES string of the molecule is CC(=O)O.CC(=O)O.CC(=O)O.CC(=O)O.CC(O)C(N)CN.[H-].[Na+]. The molecule has 11 nitrogen and oxygen atoms in total. The summed E-state index contributed by atoms with van der Waals surface area (Å²) in [6.07, 6.45) is -0.481. The Morgan fingerprint density at radius 3 is 0.958 bits per heavy atom. The van der Waals surface area contributed by atoms with Crippen molar-refractivity contribution in [1.29, 1.82) is 0 Å². The third kappa shape index (κ3) is 358. The van der Waals surface area contributed by atoms with Crippen molar-refractivity contribution < 1.29 is 75.7 Å². The fourth-order valence-electron chi connectivity index (χ4n) is 0.197. The monoisotopic (exact) mass is 368 g/mol. The van der Waals surface area contributed by atoms with Crippen LogP contribution in [-0.2, 0) is 19.2 Å². The van der Waals surface area contributed by atoms with Crippen molar-refractivity contribution in [1.82, 2.24) is 0 Å². The van der Waals surface area contributed by atoms with E-state index in [0.29, 0.717) is 6.54 Å². The van der Waals surface area contributed by atoms with Crippen molar-refractivity contribution in [2.75, 3.05) is 6.54 Å². The molecule has 0 aromatic heterocycles. The van der Waals surface area contributed by atoms with Gasteiger partial charge in [-0.3, -0.25) is 19.2 Å². The van der Waals surface area contributed by atoms with Gasteiger partial charge in [0.1, 0.15) is 0 Å². The summed E-state index contributed by atoms with van der Waals surface area (Å²) in [5, 5.41) is 38.3. The predicted molar refractivity (Wildman–Crippen MR) is 83.1 cm³/mol. The fourth-order valence-corrected chi connectivity index (χ4v) is 0.197. The van der Waals surface area contributed by atoms with E-state index in [-0.39, 0.29) is 37.0 Å². The summed E-state index contributed by atoms with van der Waals surface area (Å²) >= 11 is 0. The van der Waals surface area contributed by atoms with Crippen LogP contribution in [-0.4, -0.2) is 68.1 Å². The first-order valence-electron chi connectivity index (χ1n) is 6.03. The minimum Gasteiger partial charge on any atom is -1.00 e. The van der Waals surface area contributed by atoms with E-state index in [1.165, 1.54) is 0 Å². The van der Waals surface area contributed by atoms with Crippen molar-refractivity contribution in [3.63, 3.8) is 0 Å². The molecular formula is C12H29N2NaO9.